The second-order valence-electron chi connectivity index (χ2n) is 4.58. The van der Waals surface area contributed by atoms with Crippen LogP contribution in [0.5, 0.6) is 0 Å². The molecule has 1 amide bonds. The fraction of sp³-hybridized carbons (Fsp3) is 0.667. The minimum Gasteiger partial charge on any atom is -0.394 e. The maximum absolute atomic E-state index is 12.5. The first-order valence-corrected chi connectivity index (χ1v) is 6.06. The molecule has 1 atom stereocenters. The van der Waals surface area contributed by atoms with Gasteiger partial charge in [0.25, 0.3) is 5.91 Å². The number of morpholine rings is 1. The van der Waals surface area contributed by atoms with Crippen molar-refractivity contribution in [3.05, 3.63) is 17.0 Å². The molecule has 1 N–H and O–H groups in total. The van der Waals surface area contributed by atoms with Crippen molar-refractivity contribution in [1.29, 1.82) is 0 Å². The zero-order valence-corrected chi connectivity index (χ0v) is 11.0. The van der Waals surface area contributed by atoms with Crippen LogP contribution in [0.25, 0.3) is 0 Å². The van der Waals surface area contributed by atoms with Gasteiger partial charge < -0.3 is 14.7 Å². The van der Waals surface area contributed by atoms with Crippen LogP contribution in [0, 0.1) is 13.8 Å². The van der Waals surface area contributed by atoms with E-state index in [2.05, 4.69) is 5.10 Å². The molecule has 1 unspecified atom stereocenters. The lowest BCUT2D eigenvalue weighted by atomic mass is 10.1. The Bertz CT molecular complexity index is 456. The van der Waals surface area contributed by atoms with Crippen LogP contribution >= 0.6 is 0 Å². The molecule has 0 spiro atoms. The minimum atomic E-state index is -0.259. The first kappa shape index (κ1) is 13.0. The number of amides is 1. The van der Waals surface area contributed by atoms with E-state index < -0.39 is 0 Å². The second kappa shape index (κ2) is 5.07. The average Bonchev–Trinajstić information content (AvgIpc) is 2.62. The molecule has 100 valence electrons. The Morgan fingerprint density at radius 1 is 1.56 bits per heavy atom. The van der Waals surface area contributed by atoms with Gasteiger partial charge in [-0.1, -0.05) is 0 Å². The number of carbonyl (C=O) groups is 1. The Morgan fingerprint density at radius 2 is 2.28 bits per heavy atom. The van der Waals surface area contributed by atoms with E-state index in [1.807, 2.05) is 20.9 Å². The van der Waals surface area contributed by atoms with Gasteiger partial charge in [-0.05, 0) is 13.8 Å². The highest BCUT2D eigenvalue weighted by Crippen LogP contribution is 2.18. The molecular weight excluding hydrogens is 234 g/mol. The molecule has 1 aliphatic heterocycles. The lowest BCUT2D eigenvalue weighted by Crippen LogP contribution is -2.50. The van der Waals surface area contributed by atoms with Gasteiger partial charge in [-0.15, -0.1) is 0 Å². The fourth-order valence-corrected chi connectivity index (χ4v) is 2.30. The predicted molar refractivity (Wildman–Crippen MR) is 65.4 cm³/mol. The topological polar surface area (TPSA) is 67.6 Å². The van der Waals surface area contributed by atoms with Crippen molar-refractivity contribution in [1.82, 2.24) is 14.7 Å². The summed E-state index contributed by atoms with van der Waals surface area (Å²) in [7, 11) is 1.82. The zero-order chi connectivity index (χ0) is 13.3. The number of hydrogen-bond donors (Lipinski definition) is 1. The number of ether oxygens (including phenoxy) is 1. The third-order valence-corrected chi connectivity index (χ3v) is 3.42. The van der Waals surface area contributed by atoms with Gasteiger partial charge in [0.05, 0.1) is 37.1 Å². The van der Waals surface area contributed by atoms with Gasteiger partial charge in [-0.25, -0.2) is 0 Å². The van der Waals surface area contributed by atoms with E-state index in [0.29, 0.717) is 25.3 Å². The quantitative estimate of drug-likeness (QED) is 0.797. The fourth-order valence-electron chi connectivity index (χ4n) is 2.30. The van der Waals surface area contributed by atoms with Crippen LogP contribution < -0.4 is 0 Å². The van der Waals surface area contributed by atoms with Crippen LogP contribution in [0.2, 0.25) is 0 Å². The summed E-state index contributed by atoms with van der Waals surface area (Å²) in [4.78, 5) is 14.2. The molecule has 0 radical (unpaired) electrons. The molecule has 1 aromatic heterocycles. The van der Waals surface area contributed by atoms with Crippen molar-refractivity contribution in [2.45, 2.75) is 19.9 Å². The van der Waals surface area contributed by atoms with Crippen LogP contribution in [0.4, 0.5) is 0 Å². The van der Waals surface area contributed by atoms with Crippen molar-refractivity contribution >= 4 is 5.91 Å². The molecule has 1 fully saturated rings. The highest BCUT2D eigenvalue weighted by molar-refractivity contribution is 5.96. The number of aromatic nitrogens is 2. The van der Waals surface area contributed by atoms with E-state index in [-0.39, 0.29) is 18.6 Å². The van der Waals surface area contributed by atoms with Crippen molar-refractivity contribution in [3.8, 4) is 0 Å². The normalized spacial score (nSPS) is 20.2. The smallest absolute Gasteiger partial charge is 0.258 e. The number of aliphatic hydroxyl groups is 1. The Hall–Kier alpha value is -1.40. The largest absolute Gasteiger partial charge is 0.394 e. The highest BCUT2D eigenvalue weighted by atomic mass is 16.5. The molecule has 1 aliphatic rings. The molecule has 18 heavy (non-hydrogen) atoms. The van der Waals surface area contributed by atoms with Gasteiger partial charge in [0, 0.05) is 19.3 Å². The monoisotopic (exact) mass is 253 g/mol. The number of hydrogen-bond acceptors (Lipinski definition) is 4. The molecule has 2 heterocycles. The minimum absolute atomic E-state index is 0.0690. The Labute approximate surface area is 106 Å². The molecule has 6 nitrogen and oxygen atoms in total. The molecule has 1 saturated heterocycles. The third kappa shape index (κ3) is 2.13. The zero-order valence-electron chi connectivity index (χ0n) is 11.0. The SMILES string of the molecule is Cc1nn(C)c(C)c1C(=O)N1CCOCC1CO. The standard InChI is InChI=1S/C12H19N3O3/c1-8-11(9(2)14(3)13-8)12(17)15-4-5-18-7-10(15)6-16/h10,16H,4-7H2,1-3H3. The Morgan fingerprint density at radius 3 is 2.83 bits per heavy atom. The van der Waals surface area contributed by atoms with Crippen LogP contribution in [0.15, 0.2) is 0 Å². The lowest BCUT2D eigenvalue weighted by Gasteiger charge is -2.34. The van der Waals surface area contributed by atoms with Crippen LogP contribution in [-0.2, 0) is 11.8 Å². The number of rotatable bonds is 2. The predicted octanol–water partition coefficient (Wildman–Crippen LogP) is -0.130. The van der Waals surface area contributed by atoms with Gasteiger partial charge in [0.1, 0.15) is 0 Å². The average molecular weight is 253 g/mol. The van der Waals surface area contributed by atoms with Gasteiger partial charge in [-0.3, -0.25) is 9.48 Å². The van der Waals surface area contributed by atoms with Crippen molar-refractivity contribution < 1.29 is 14.6 Å². The van der Waals surface area contributed by atoms with E-state index in [4.69, 9.17) is 4.74 Å². The van der Waals surface area contributed by atoms with E-state index >= 15 is 0 Å². The van der Waals surface area contributed by atoms with Gasteiger partial charge in [0.15, 0.2) is 0 Å². The first-order chi connectivity index (χ1) is 8.56. The second-order valence-corrected chi connectivity index (χ2v) is 4.58. The maximum atomic E-state index is 12.5. The summed E-state index contributed by atoms with van der Waals surface area (Å²) >= 11 is 0. The van der Waals surface area contributed by atoms with Gasteiger partial charge in [-0.2, -0.15) is 5.10 Å². The molecule has 1 aromatic rings. The number of aryl methyl sites for hydroxylation is 2. The molecule has 2 rings (SSSR count). The van der Waals surface area contributed by atoms with Crippen molar-refractivity contribution in [2.75, 3.05) is 26.4 Å². The Balaban J connectivity index is 2.29. The number of nitrogens with zero attached hydrogens (tertiary/aromatic N) is 3. The maximum Gasteiger partial charge on any atom is 0.258 e. The van der Waals surface area contributed by atoms with Gasteiger partial charge in [0.2, 0.25) is 0 Å². The number of carbonyl (C=O) groups excluding carboxylic acids is 1. The van der Waals surface area contributed by atoms with E-state index in [0.717, 1.165) is 11.4 Å². The summed E-state index contributed by atoms with van der Waals surface area (Å²) in [5, 5.41) is 13.6. The Kier molecular flexibility index (Phi) is 3.68. The van der Waals surface area contributed by atoms with E-state index in [1.165, 1.54) is 0 Å². The third-order valence-electron chi connectivity index (χ3n) is 3.42. The summed E-state index contributed by atoms with van der Waals surface area (Å²) < 4.78 is 6.99. The van der Waals surface area contributed by atoms with Crippen LogP contribution in [-0.4, -0.2) is 58.1 Å². The molecule has 0 aliphatic carbocycles. The summed E-state index contributed by atoms with van der Waals surface area (Å²) in [6.07, 6.45) is 0. The van der Waals surface area contributed by atoms with Crippen LogP contribution in [0.3, 0.4) is 0 Å². The summed E-state index contributed by atoms with van der Waals surface area (Å²) in [6, 6.07) is -0.259. The first-order valence-electron chi connectivity index (χ1n) is 6.06. The summed E-state index contributed by atoms with van der Waals surface area (Å²) in [6.45, 7) is 5.04. The molecule has 0 saturated carbocycles. The summed E-state index contributed by atoms with van der Waals surface area (Å²) in [5.74, 6) is -0.0690. The molecule has 6 heteroatoms. The van der Waals surface area contributed by atoms with Crippen molar-refractivity contribution in [2.24, 2.45) is 7.05 Å². The van der Waals surface area contributed by atoms with Crippen LogP contribution in [0.1, 0.15) is 21.7 Å². The highest BCUT2D eigenvalue weighted by Gasteiger charge is 2.30. The van der Waals surface area contributed by atoms with Gasteiger partial charge >= 0.3 is 0 Å². The van der Waals surface area contributed by atoms with E-state index in [1.54, 1.807) is 9.58 Å². The molecule has 0 aromatic carbocycles. The molecule has 0 bridgehead atoms. The lowest BCUT2D eigenvalue weighted by molar-refractivity contribution is -0.0184. The molecular formula is C12H19N3O3. The van der Waals surface area contributed by atoms with E-state index in [9.17, 15) is 9.90 Å². The number of aliphatic hydroxyl groups excluding tert-OH is 1. The summed E-state index contributed by atoms with van der Waals surface area (Å²) in [5.41, 5.74) is 2.21. The van der Waals surface area contributed by atoms with Crippen molar-refractivity contribution in [3.63, 3.8) is 0 Å².